The molecule has 72 valence electrons. The smallest absolute Gasteiger partial charge is 0.0755 e. The fourth-order valence-corrected chi connectivity index (χ4v) is 1.32. The van der Waals surface area contributed by atoms with E-state index in [1.165, 1.54) is 44.5 Å². The maximum absolute atomic E-state index is 10.3. The van der Waals surface area contributed by atoms with Gasteiger partial charge in [0, 0.05) is 0 Å². The zero-order valence-electron chi connectivity index (χ0n) is 7.91. The highest BCUT2D eigenvalue weighted by atomic mass is 16.3. The molecule has 1 aliphatic heterocycles. The fraction of sp³-hybridized carbons (Fsp3) is 0.455. The van der Waals surface area contributed by atoms with Gasteiger partial charge in [-0.2, -0.15) is 0 Å². The third-order valence-electron chi connectivity index (χ3n) is 2.06. The van der Waals surface area contributed by atoms with Gasteiger partial charge in [0.2, 0.25) is 0 Å². The van der Waals surface area contributed by atoms with Gasteiger partial charge in [-0.05, 0) is 19.3 Å². The molecule has 1 saturated heterocycles. The monoisotopic (exact) mass is 179 g/mol. The van der Waals surface area contributed by atoms with E-state index < -0.39 is 0 Å². The Kier molecular flexibility index (Phi) is 5.02. The molecule has 0 spiro atoms. The van der Waals surface area contributed by atoms with Crippen LogP contribution in [-0.4, -0.2) is 13.1 Å². The van der Waals surface area contributed by atoms with Crippen molar-refractivity contribution >= 4 is 0 Å². The van der Waals surface area contributed by atoms with Crippen molar-refractivity contribution in [2.45, 2.75) is 19.3 Å². The summed E-state index contributed by atoms with van der Waals surface area (Å²) in [4.78, 5) is 0. The Labute approximate surface area is 79.6 Å². The van der Waals surface area contributed by atoms with Crippen LogP contribution in [-0.2, 0) is 0 Å². The van der Waals surface area contributed by atoms with Crippen LogP contribution in [0.3, 0.4) is 0 Å². The van der Waals surface area contributed by atoms with Crippen LogP contribution in [0.5, 0.6) is 5.75 Å². The lowest BCUT2D eigenvalue weighted by Gasteiger charge is -2.05. The Balaban J connectivity index is 0.000000132. The van der Waals surface area contributed by atoms with Gasteiger partial charge >= 0.3 is 0 Å². The molecule has 13 heavy (non-hydrogen) atoms. The number of rotatable bonds is 0. The Morgan fingerprint density at radius 1 is 0.923 bits per heavy atom. The lowest BCUT2D eigenvalue weighted by Crippen LogP contribution is -2.85. The molecule has 1 aromatic carbocycles. The summed E-state index contributed by atoms with van der Waals surface area (Å²) in [6.45, 7) is 2.75. The average Bonchev–Trinajstić information content (AvgIpc) is 2.22. The highest BCUT2D eigenvalue weighted by Gasteiger charge is 1.97. The summed E-state index contributed by atoms with van der Waals surface area (Å²) in [6.07, 6.45) is 4.36. The van der Waals surface area contributed by atoms with Crippen molar-refractivity contribution in [2.75, 3.05) is 13.1 Å². The third kappa shape index (κ3) is 5.26. The Morgan fingerprint density at radius 2 is 1.54 bits per heavy atom. The molecule has 0 amide bonds. The molecule has 0 radical (unpaired) electrons. The topological polar surface area (TPSA) is 39.7 Å². The second-order valence-corrected chi connectivity index (χ2v) is 3.24. The molecule has 1 fully saturated rings. The molecule has 0 aromatic heterocycles. The first-order valence-corrected chi connectivity index (χ1v) is 4.93. The van der Waals surface area contributed by atoms with Crippen molar-refractivity contribution in [1.29, 1.82) is 0 Å². The standard InChI is InChI=1S/C6H6O.C5H11N/c7-6-4-2-1-3-5-6;1-2-4-6-5-3-1/h1-5,7H;6H,1-5H2. The minimum absolute atomic E-state index is 0.0718. The summed E-state index contributed by atoms with van der Waals surface area (Å²) in [5.74, 6) is 0.0718. The second-order valence-electron chi connectivity index (χ2n) is 3.24. The Bertz CT molecular complexity index is 195. The van der Waals surface area contributed by atoms with Crippen LogP contribution in [0.4, 0.5) is 0 Å². The molecule has 0 unspecified atom stereocenters. The largest absolute Gasteiger partial charge is 0.872 e. The van der Waals surface area contributed by atoms with E-state index in [-0.39, 0.29) is 5.75 Å². The molecule has 0 saturated carbocycles. The molecular weight excluding hydrogens is 162 g/mol. The van der Waals surface area contributed by atoms with Crippen LogP contribution < -0.4 is 10.4 Å². The van der Waals surface area contributed by atoms with Crippen molar-refractivity contribution < 1.29 is 10.4 Å². The molecular formula is C11H17NO. The predicted octanol–water partition coefficient (Wildman–Crippen LogP) is 0.494. The Hall–Kier alpha value is -1.02. The molecule has 0 atom stereocenters. The fourth-order valence-electron chi connectivity index (χ4n) is 1.32. The van der Waals surface area contributed by atoms with E-state index in [1.54, 1.807) is 12.1 Å². The first-order valence-electron chi connectivity index (χ1n) is 4.93. The molecule has 2 heteroatoms. The van der Waals surface area contributed by atoms with Gasteiger partial charge in [-0.1, -0.05) is 30.3 Å². The highest BCUT2D eigenvalue weighted by molar-refractivity contribution is 5.17. The number of benzene rings is 1. The Morgan fingerprint density at radius 3 is 1.77 bits per heavy atom. The van der Waals surface area contributed by atoms with Gasteiger partial charge in [-0.25, -0.2) is 0 Å². The summed E-state index contributed by atoms with van der Waals surface area (Å²) >= 11 is 0. The maximum Gasteiger partial charge on any atom is 0.0755 e. The van der Waals surface area contributed by atoms with Gasteiger partial charge in [-0.15, -0.1) is 5.75 Å². The molecule has 1 heterocycles. The van der Waals surface area contributed by atoms with Gasteiger partial charge in [0.05, 0.1) is 13.1 Å². The predicted molar refractivity (Wildman–Crippen MR) is 51.4 cm³/mol. The van der Waals surface area contributed by atoms with Crippen molar-refractivity contribution in [3.63, 3.8) is 0 Å². The minimum Gasteiger partial charge on any atom is -0.872 e. The normalized spacial score (nSPS) is 15.7. The second kappa shape index (κ2) is 6.49. The molecule has 2 nitrogen and oxygen atoms in total. The maximum atomic E-state index is 10.3. The van der Waals surface area contributed by atoms with E-state index in [1.807, 2.05) is 6.07 Å². The van der Waals surface area contributed by atoms with Gasteiger partial charge in [0.25, 0.3) is 0 Å². The van der Waals surface area contributed by atoms with Gasteiger partial charge in [-0.3, -0.25) is 0 Å². The quantitative estimate of drug-likeness (QED) is 0.618. The van der Waals surface area contributed by atoms with E-state index >= 15 is 0 Å². The summed E-state index contributed by atoms with van der Waals surface area (Å²) < 4.78 is 0. The number of hydrogen-bond donors (Lipinski definition) is 1. The first-order chi connectivity index (χ1) is 6.39. The zero-order valence-corrected chi connectivity index (χ0v) is 7.91. The van der Waals surface area contributed by atoms with E-state index in [2.05, 4.69) is 5.32 Å². The van der Waals surface area contributed by atoms with Crippen molar-refractivity contribution in [2.24, 2.45) is 0 Å². The molecule has 2 rings (SSSR count). The molecule has 0 aliphatic carbocycles. The molecule has 1 aliphatic rings. The van der Waals surface area contributed by atoms with E-state index in [0.717, 1.165) is 0 Å². The van der Waals surface area contributed by atoms with Crippen molar-refractivity contribution in [1.82, 2.24) is 0 Å². The first kappa shape index (κ1) is 10.1. The van der Waals surface area contributed by atoms with Crippen LogP contribution in [0.1, 0.15) is 19.3 Å². The summed E-state index contributed by atoms with van der Waals surface area (Å²) in [5.41, 5.74) is 0. The lowest BCUT2D eigenvalue weighted by molar-refractivity contribution is -0.662. The zero-order chi connectivity index (χ0) is 9.36. The number of para-hydroxylation sites is 1. The number of quaternary nitrogens is 1. The molecule has 2 N–H and O–H groups in total. The number of piperidine rings is 1. The number of nitrogens with two attached hydrogens (primary N) is 1. The summed E-state index contributed by atoms with van der Waals surface area (Å²) in [7, 11) is 0. The van der Waals surface area contributed by atoms with Crippen LogP contribution in [0, 0.1) is 0 Å². The molecule has 1 aromatic rings. The van der Waals surface area contributed by atoms with Crippen LogP contribution >= 0.6 is 0 Å². The lowest BCUT2D eigenvalue weighted by atomic mass is 10.2. The van der Waals surface area contributed by atoms with Crippen LogP contribution in [0.25, 0.3) is 0 Å². The van der Waals surface area contributed by atoms with E-state index in [0.29, 0.717) is 0 Å². The van der Waals surface area contributed by atoms with Gasteiger partial charge < -0.3 is 10.4 Å². The van der Waals surface area contributed by atoms with Gasteiger partial charge in [0.1, 0.15) is 0 Å². The van der Waals surface area contributed by atoms with E-state index in [4.69, 9.17) is 0 Å². The molecule has 0 bridgehead atoms. The van der Waals surface area contributed by atoms with Crippen LogP contribution in [0.15, 0.2) is 30.3 Å². The number of hydrogen-bond acceptors (Lipinski definition) is 1. The summed E-state index contributed by atoms with van der Waals surface area (Å²) in [5, 5.41) is 12.7. The average molecular weight is 179 g/mol. The third-order valence-corrected chi connectivity index (χ3v) is 2.06. The summed E-state index contributed by atoms with van der Waals surface area (Å²) in [6, 6.07) is 8.33. The van der Waals surface area contributed by atoms with E-state index in [9.17, 15) is 5.11 Å². The SMILES string of the molecule is C1CC[NH2+]CC1.[O-]c1ccccc1. The minimum atomic E-state index is 0.0718. The van der Waals surface area contributed by atoms with Crippen molar-refractivity contribution in [3.8, 4) is 5.75 Å². The van der Waals surface area contributed by atoms with Crippen molar-refractivity contribution in [3.05, 3.63) is 30.3 Å². The van der Waals surface area contributed by atoms with Gasteiger partial charge in [0.15, 0.2) is 0 Å². The highest BCUT2D eigenvalue weighted by Crippen LogP contribution is 1.98. The van der Waals surface area contributed by atoms with Crippen LogP contribution in [0.2, 0.25) is 0 Å².